The molecular weight excluding hydrogens is 416 g/mol. The van der Waals surface area contributed by atoms with Gasteiger partial charge in [0.1, 0.15) is 0 Å². The van der Waals surface area contributed by atoms with Gasteiger partial charge in [0.05, 0.1) is 7.11 Å². The SMILES string of the molecule is COc1ccc(-c2ccc(CCc3ccc(C4CCCCC4)c(F)c3F)cc2)c(F)c1F. The number of rotatable bonds is 6. The van der Waals surface area contributed by atoms with Gasteiger partial charge in [0.25, 0.3) is 0 Å². The maximum Gasteiger partial charge on any atom is 0.201 e. The monoisotopic (exact) mass is 442 g/mol. The van der Waals surface area contributed by atoms with Crippen LogP contribution in [0, 0.1) is 23.3 Å². The molecule has 32 heavy (non-hydrogen) atoms. The summed E-state index contributed by atoms with van der Waals surface area (Å²) < 4.78 is 62.5. The Labute approximate surface area is 186 Å². The van der Waals surface area contributed by atoms with Crippen LogP contribution < -0.4 is 4.74 Å². The summed E-state index contributed by atoms with van der Waals surface area (Å²) in [7, 11) is 1.28. The van der Waals surface area contributed by atoms with Crippen molar-refractivity contribution in [1.82, 2.24) is 0 Å². The van der Waals surface area contributed by atoms with Gasteiger partial charge in [0.15, 0.2) is 23.2 Å². The number of methoxy groups -OCH3 is 1. The van der Waals surface area contributed by atoms with Crippen LogP contribution in [0.5, 0.6) is 5.75 Å². The highest BCUT2D eigenvalue weighted by atomic mass is 19.2. The summed E-state index contributed by atoms with van der Waals surface area (Å²) in [5, 5.41) is 0. The van der Waals surface area contributed by atoms with E-state index in [4.69, 9.17) is 4.74 Å². The van der Waals surface area contributed by atoms with Crippen molar-refractivity contribution < 1.29 is 22.3 Å². The summed E-state index contributed by atoms with van der Waals surface area (Å²) in [4.78, 5) is 0. The van der Waals surface area contributed by atoms with Crippen molar-refractivity contribution in [2.24, 2.45) is 0 Å². The predicted molar refractivity (Wildman–Crippen MR) is 118 cm³/mol. The van der Waals surface area contributed by atoms with Crippen molar-refractivity contribution in [1.29, 1.82) is 0 Å². The number of hydrogen-bond donors (Lipinski definition) is 0. The molecule has 0 radical (unpaired) electrons. The van der Waals surface area contributed by atoms with E-state index in [9.17, 15) is 17.6 Å². The van der Waals surface area contributed by atoms with E-state index < -0.39 is 23.3 Å². The lowest BCUT2D eigenvalue weighted by Gasteiger charge is -2.23. The van der Waals surface area contributed by atoms with E-state index in [2.05, 4.69) is 0 Å². The minimum atomic E-state index is -1.02. The minimum absolute atomic E-state index is 0.114. The normalized spacial score (nSPS) is 14.5. The number of ether oxygens (including phenoxy) is 1. The van der Waals surface area contributed by atoms with E-state index in [0.29, 0.717) is 29.5 Å². The summed E-state index contributed by atoms with van der Waals surface area (Å²) in [6.07, 6.45) is 6.00. The molecule has 168 valence electrons. The van der Waals surface area contributed by atoms with Gasteiger partial charge in [-0.25, -0.2) is 13.2 Å². The lowest BCUT2D eigenvalue weighted by molar-refractivity contribution is 0.372. The topological polar surface area (TPSA) is 9.23 Å². The van der Waals surface area contributed by atoms with Crippen LogP contribution in [0.15, 0.2) is 48.5 Å². The summed E-state index contributed by atoms with van der Waals surface area (Å²) in [5.74, 6) is -3.48. The van der Waals surface area contributed by atoms with E-state index in [1.165, 1.54) is 19.2 Å². The second-order valence-corrected chi connectivity index (χ2v) is 8.42. The third kappa shape index (κ3) is 4.52. The Morgan fingerprint density at radius 1 is 0.719 bits per heavy atom. The molecule has 1 fully saturated rings. The molecule has 1 aliphatic rings. The third-order valence-corrected chi connectivity index (χ3v) is 6.45. The highest BCUT2D eigenvalue weighted by molar-refractivity contribution is 5.65. The molecule has 0 heterocycles. The summed E-state index contributed by atoms with van der Waals surface area (Å²) >= 11 is 0. The molecule has 0 unspecified atom stereocenters. The van der Waals surface area contributed by atoms with Gasteiger partial charge in [-0.05, 0) is 66.0 Å². The zero-order valence-electron chi connectivity index (χ0n) is 18.1. The van der Waals surface area contributed by atoms with Gasteiger partial charge in [-0.2, -0.15) is 4.39 Å². The third-order valence-electron chi connectivity index (χ3n) is 6.45. The molecule has 0 aromatic heterocycles. The fraction of sp³-hybridized carbons (Fsp3) is 0.333. The van der Waals surface area contributed by atoms with Gasteiger partial charge in [-0.15, -0.1) is 0 Å². The molecule has 1 aliphatic carbocycles. The van der Waals surface area contributed by atoms with Crippen LogP contribution in [0.4, 0.5) is 17.6 Å². The van der Waals surface area contributed by atoms with Crippen molar-refractivity contribution in [2.45, 2.75) is 50.9 Å². The van der Waals surface area contributed by atoms with Crippen LogP contribution in [-0.2, 0) is 12.8 Å². The number of benzene rings is 3. The predicted octanol–water partition coefficient (Wildman–Crippen LogP) is 7.75. The second kappa shape index (κ2) is 9.76. The second-order valence-electron chi connectivity index (χ2n) is 8.42. The van der Waals surface area contributed by atoms with Gasteiger partial charge in [-0.3, -0.25) is 0 Å². The number of hydrogen-bond acceptors (Lipinski definition) is 1. The smallest absolute Gasteiger partial charge is 0.201 e. The maximum atomic E-state index is 14.7. The largest absolute Gasteiger partial charge is 0.494 e. The van der Waals surface area contributed by atoms with E-state index in [0.717, 1.165) is 37.7 Å². The Morgan fingerprint density at radius 3 is 2.12 bits per heavy atom. The number of halogens is 4. The van der Waals surface area contributed by atoms with Gasteiger partial charge in [0, 0.05) is 5.56 Å². The Hall–Kier alpha value is -2.82. The van der Waals surface area contributed by atoms with Crippen molar-refractivity contribution in [2.75, 3.05) is 7.11 Å². The Balaban J connectivity index is 1.46. The summed E-state index contributed by atoms with van der Waals surface area (Å²) in [6, 6.07) is 13.3. The fourth-order valence-corrected chi connectivity index (χ4v) is 4.57. The molecular formula is C27H26F4O. The Kier molecular flexibility index (Phi) is 6.83. The van der Waals surface area contributed by atoms with Crippen molar-refractivity contribution in [3.05, 3.63) is 88.5 Å². The van der Waals surface area contributed by atoms with Crippen LogP contribution in [-0.4, -0.2) is 7.11 Å². The highest BCUT2D eigenvalue weighted by Crippen LogP contribution is 2.35. The standard InChI is InChI=1S/C27H26F4O/c1-32-23-16-15-22(26(30)27(23)31)19-10-7-17(8-11-19)9-12-20-13-14-21(25(29)24(20)28)18-5-3-2-4-6-18/h7-8,10-11,13-16,18H,2-6,9,12H2,1H3. The molecule has 0 atom stereocenters. The van der Waals surface area contributed by atoms with E-state index in [1.54, 1.807) is 36.4 Å². The van der Waals surface area contributed by atoms with Crippen molar-refractivity contribution >= 4 is 0 Å². The maximum absolute atomic E-state index is 14.7. The Bertz CT molecular complexity index is 1090. The summed E-state index contributed by atoms with van der Waals surface area (Å²) in [6.45, 7) is 0. The van der Waals surface area contributed by atoms with Gasteiger partial charge < -0.3 is 4.74 Å². The molecule has 0 N–H and O–H groups in total. The zero-order valence-corrected chi connectivity index (χ0v) is 18.1. The van der Waals surface area contributed by atoms with Crippen LogP contribution in [0.3, 0.4) is 0 Å². The lowest BCUT2D eigenvalue weighted by atomic mass is 9.83. The molecule has 3 aromatic rings. The fourth-order valence-electron chi connectivity index (χ4n) is 4.57. The van der Waals surface area contributed by atoms with Gasteiger partial charge >= 0.3 is 0 Å². The van der Waals surface area contributed by atoms with E-state index in [-0.39, 0.29) is 17.2 Å². The molecule has 3 aromatic carbocycles. The number of aryl methyl sites for hydroxylation is 2. The average Bonchev–Trinajstić information content (AvgIpc) is 2.83. The van der Waals surface area contributed by atoms with Crippen LogP contribution in [0.25, 0.3) is 11.1 Å². The quantitative estimate of drug-likeness (QED) is 0.355. The van der Waals surface area contributed by atoms with Gasteiger partial charge in [-0.1, -0.05) is 55.7 Å². The first-order valence-electron chi connectivity index (χ1n) is 11.1. The van der Waals surface area contributed by atoms with Crippen molar-refractivity contribution in [3.8, 4) is 16.9 Å². The van der Waals surface area contributed by atoms with Crippen LogP contribution >= 0.6 is 0 Å². The molecule has 5 heteroatoms. The molecule has 1 nitrogen and oxygen atoms in total. The van der Waals surface area contributed by atoms with Crippen LogP contribution in [0.1, 0.15) is 54.7 Å². The highest BCUT2D eigenvalue weighted by Gasteiger charge is 2.22. The summed E-state index contributed by atoms with van der Waals surface area (Å²) in [5.41, 5.74) is 2.43. The molecule has 0 spiro atoms. The molecule has 0 amide bonds. The molecule has 0 saturated heterocycles. The first-order chi connectivity index (χ1) is 15.5. The van der Waals surface area contributed by atoms with Crippen molar-refractivity contribution in [3.63, 3.8) is 0 Å². The lowest BCUT2D eigenvalue weighted by Crippen LogP contribution is -2.09. The first-order valence-corrected chi connectivity index (χ1v) is 11.1. The van der Waals surface area contributed by atoms with Gasteiger partial charge in [0.2, 0.25) is 5.82 Å². The average molecular weight is 442 g/mol. The van der Waals surface area contributed by atoms with Crippen LogP contribution in [0.2, 0.25) is 0 Å². The first kappa shape index (κ1) is 22.4. The molecule has 0 bridgehead atoms. The van der Waals surface area contributed by atoms with E-state index >= 15 is 0 Å². The Morgan fingerprint density at radius 2 is 1.44 bits per heavy atom. The van der Waals surface area contributed by atoms with E-state index in [1.807, 2.05) is 0 Å². The molecule has 4 rings (SSSR count). The zero-order chi connectivity index (χ0) is 22.7. The molecule has 0 aliphatic heterocycles. The molecule has 1 saturated carbocycles. The minimum Gasteiger partial charge on any atom is -0.494 e.